The van der Waals surface area contributed by atoms with Crippen molar-refractivity contribution in [2.24, 2.45) is 0 Å². The number of hydrogen-bond acceptors (Lipinski definition) is 3. The first kappa shape index (κ1) is 12.1. The number of carbonyl (C=O) groups is 1. The van der Waals surface area contributed by atoms with Crippen molar-refractivity contribution < 1.29 is 14.6 Å². The molecule has 0 aliphatic carbocycles. The summed E-state index contributed by atoms with van der Waals surface area (Å²) in [5, 5.41) is 8.81. The zero-order chi connectivity index (χ0) is 12.3. The second-order valence-corrected chi connectivity index (χ2v) is 4.40. The van der Waals surface area contributed by atoms with Gasteiger partial charge in [-0.05, 0) is 24.6 Å². The fourth-order valence-electron chi connectivity index (χ4n) is 1.98. The number of morpholine rings is 1. The summed E-state index contributed by atoms with van der Waals surface area (Å²) < 4.78 is 5.38. The van der Waals surface area contributed by atoms with Gasteiger partial charge in [-0.25, -0.2) is 4.79 Å². The maximum absolute atomic E-state index is 10.7. The third kappa shape index (κ3) is 3.05. The van der Waals surface area contributed by atoms with Crippen LogP contribution in [0, 0.1) is 0 Å². The third-order valence-electron chi connectivity index (χ3n) is 3.09. The molecule has 1 aromatic rings. The lowest BCUT2D eigenvalue weighted by Crippen LogP contribution is -2.42. The lowest BCUT2D eigenvalue weighted by Gasteiger charge is -2.33. The molecule has 1 N–H and O–H groups in total. The minimum Gasteiger partial charge on any atom is -0.478 e. The molecule has 0 aromatic heterocycles. The highest BCUT2D eigenvalue weighted by atomic mass is 16.5. The fraction of sp³-hybridized carbons (Fsp3) is 0.462. The molecule has 0 radical (unpaired) electrons. The Labute approximate surface area is 101 Å². The van der Waals surface area contributed by atoms with Crippen LogP contribution in [0.1, 0.15) is 22.8 Å². The Morgan fingerprint density at radius 1 is 1.47 bits per heavy atom. The highest BCUT2D eigenvalue weighted by molar-refractivity contribution is 5.87. The molecule has 1 saturated heterocycles. The van der Waals surface area contributed by atoms with Crippen molar-refractivity contribution in [2.75, 3.05) is 19.8 Å². The zero-order valence-electron chi connectivity index (χ0n) is 9.93. The third-order valence-corrected chi connectivity index (χ3v) is 3.09. The van der Waals surface area contributed by atoms with E-state index in [4.69, 9.17) is 9.84 Å². The number of aromatic carboxylic acids is 1. The lowest BCUT2D eigenvalue weighted by molar-refractivity contribution is -0.00436. The first-order valence-corrected chi connectivity index (χ1v) is 5.81. The largest absolute Gasteiger partial charge is 0.478 e. The molecule has 0 amide bonds. The summed E-state index contributed by atoms with van der Waals surface area (Å²) >= 11 is 0. The van der Waals surface area contributed by atoms with E-state index in [-0.39, 0.29) is 0 Å². The summed E-state index contributed by atoms with van der Waals surface area (Å²) in [6, 6.07) is 7.49. The number of nitrogens with zero attached hydrogens (tertiary/aromatic N) is 1. The maximum Gasteiger partial charge on any atom is 0.335 e. The average Bonchev–Trinajstić information content (AvgIpc) is 2.33. The number of benzene rings is 1. The quantitative estimate of drug-likeness (QED) is 0.864. The molecule has 17 heavy (non-hydrogen) atoms. The molecule has 0 bridgehead atoms. The molecular formula is C13H17NO3. The van der Waals surface area contributed by atoms with Gasteiger partial charge >= 0.3 is 5.97 Å². The van der Waals surface area contributed by atoms with Crippen LogP contribution in [0.2, 0.25) is 0 Å². The summed E-state index contributed by atoms with van der Waals surface area (Å²) in [5.74, 6) is -0.878. The van der Waals surface area contributed by atoms with Crippen molar-refractivity contribution in [1.82, 2.24) is 4.90 Å². The van der Waals surface area contributed by atoms with E-state index in [1.54, 1.807) is 12.1 Å². The van der Waals surface area contributed by atoms with Crippen LogP contribution in [0.5, 0.6) is 0 Å². The first-order valence-electron chi connectivity index (χ1n) is 5.81. The molecule has 1 fully saturated rings. The highest BCUT2D eigenvalue weighted by Crippen LogP contribution is 2.12. The van der Waals surface area contributed by atoms with Crippen LogP contribution in [-0.2, 0) is 11.3 Å². The first-order chi connectivity index (χ1) is 8.16. The smallest absolute Gasteiger partial charge is 0.335 e. The van der Waals surface area contributed by atoms with Crippen molar-refractivity contribution in [3.8, 4) is 0 Å². The van der Waals surface area contributed by atoms with Gasteiger partial charge in [0.25, 0.3) is 0 Å². The van der Waals surface area contributed by atoms with Gasteiger partial charge in [0.05, 0.1) is 18.8 Å². The van der Waals surface area contributed by atoms with Crippen LogP contribution >= 0.6 is 0 Å². The molecule has 1 aliphatic heterocycles. The second kappa shape index (κ2) is 5.29. The van der Waals surface area contributed by atoms with E-state index in [1.807, 2.05) is 12.1 Å². The molecule has 1 atom stereocenters. The zero-order valence-corrected chi connectivity index (χ0v) is 9.93. The van der Waals surface area contributed by atoms with E-state index in [9.17, 15) is 4.79 Å². The van der Waals surface area contributed by atoms with Gasteiger partial charge in [-0.1, -0.05) is 12.1 Å². The molecule has 92 valence electrons. The Morgan fingerprint density at radius 3 is 2.76 bits per heavy atom. The van der Waals surface area contributed by atoms with E-state index in [2.05, 4.69) is 11.8 Å². The Balaban J connectivity index is 2.00. The van der Waals surface area contributed by atoms with Gasteiger partial charge in [-0.3, -0.25) is 4.90 Å². The lowest BCUT2D eigenvalue weighted by atomic mass is 10.1. The van der Waals surface area contributed by atoms with Crippen LogP contribution in [0.15, 0.2) is 24.3 Å². The van der Waals surface area contributed by atoms with Gasteiger partial charge in [0.1, 0.15) is 0 Å². The van der Waals surface area contributed by atoms with Crippen LogP contribution in [-0.4, -0.2) is 41.8 Å². The Bertz CT molecular complexity index is 388. The number of hydrogen-bond donors (Lipinski definition) is 1. The second-order valence-electron chi connectivity index (χ2n) is 4.40. The van der Waals surface area contributed by atoms with Crippen LogP contribution in [0.25, 0.3) is 0 Å². The Kier molecular flexibility index (Phi) is 3.76. The van der Waals surface area contributed by atoms with Crippen molar-refractivity contribution in [1.29, 1.82) is 0 Å². The highest BCUT2D eigenvalue weighted by Gasteiger charge is 2.18. The Morgan fingerprint density at radius 2 is 2.18 bits per heavy atom. The average molecular weight is 235 g/mol. The van der Waals surface area contributed by atoms with Crippen molar-refractivity contribution >= 4 is 5.97 Å². The molecule has 4 heteroatoms. The summed E-state index contributed by atoms with van der Waals surface area (Å²) in [7, 11) is 0. The predicted octanol–water partition coefficient (Wildman–Crippen LogP) is 1.61. The molecule has 1 aliphatic rings. The van der Waals surface area contributed by atoms with Crippen molar-refractivity contribution in [3.63, 3.8) is 0 Å². The summed E-state index contributed by atoms with van der Waals surface area (Å²) in [5.41, 5.74) is 1.48. The monoisotopic (exact) mass is 235 g/mol. The summed E-state index contributed by atoms with van der Waals surface area (Å²) in [4.78, 5) is 13.1. The SMILES string of the molecule is C[C@H]1COCCN1Cc1ccc(C(=O)O)cc1. The van der Waals surface area contributed by atoms with E-state index in [0.717, 1.165) is 31.9 Å². The van der Waals surface area contributed by atoms with Gasteiger partial charge < -0.3 is 9.84 Å². The van der Waals surface area contributed by atoms with Gasteiger partial charge in [-0.2, -0.15) is 0 Å². The standard InChI is InChI=1S/C13H17NO3/c1-10-9-17-7-6-14(10)8-11-2-4-12(5-3-11)13(15)16/h2-5,10H,6-9H2,1H3,(H,15,16)/t10-/m0/s1. The minimum absolute atomic E-state index is 0.337. The minimum atomic E-state index is -0.878. The fourth-order valence-corrected chi connectivity index (χ4v) is 1.98. The number of carboxylic acids is 1. The van der Waals surface area contributed by atoms with E-state index in [1.165, 1.54) is 0 Å². The molecule has 0 unspecified atom stereocenters. The van der Waals surface area contributed by atoms with Crippen molar-refractivity contribution in [3.05, 3.63) is 35.4 Å². The number of rotatable bonds is 3. The molecule has 1 aromatic carbocycles. The molecule has 1 heterocycles. The van der Waals surface area contributed by atoms with Crippen molar-refractivity contribution in [2.45, 2.75) is 19.5 Å². The normalized spacial score (nSPS) is 21.4. The van der Waals surface area contributed by atoms with Crippen LogP contribution in [0.3, 0.4) is 0 Å². The van der Waals surface area contributed by atoms with E-state index < -0.39 is 5.97 Å². The van der Waals surface area contributed by atoms with E-state index >= 15 is 0 Å². The maximum atomic E-state index is 10.7. The molecule has 4 nitrogen and oxygen atoms in total. The molecule has 0 saturated carbocycles. The van der Waals surface area contributed by atoms with E-state index in [0.29, 0.717) is 11.6 Å². The number of ether oxygens (including phenoxy) is 1. The van der Waals surface area contributed by atoms with Gasteiger partial charge in [0, 0.05) is 19.1 Å². The van der Waals surface area contributed by atoms with Crippen LogP contribution < -0.4 is 0 Å². The predicted molar refractivity (Wildman–Crippen MR) is 64.1 cm³/mol. The van der Waals surface area contributed by atoms with Gasteiger partial charge in [0.15, 0.2) is 0 Å². The molecular weight excluding hydrogens is 218 g/mol. The summed E-state index contributed by atoms with van der Waals surface area (Å²) in [6.07, 6.45) is 0. The van der Waals surface area contributed by atoms with Crippen LogP contribution in [0.4, 0.5) is 0 Å². The van der Waals surface area contributed by atoms with Gasteiger partial charge in [-0.15, -0.1) is 0 Å². The summed E-state index contributed by atoms with van der Waals surface area (Å²) in [6.45, 7) is 5.47. The molecule has 0 spiro atoms. The van der Waals surface area contributed by atoms with Gasteiger partial charge in [0.2, 0.25) is 0 Å². The molecule has 2 rings (SSSR count). The topological polar surface area (TPSA) is 49.8 Å². The number of carboxylic acid groups (broad SMARTS) is 1. The Hall–Kier alpha value is -1.39.